The zero-order chi connectivity index (χ0) is 37.4. The van der Waals surface area contributed by atoms with Crippen LogP contribution in [0.15, 0.2) is 12.2 Å². The molecule has 296 valence electrons. The van der Waals surface area contributed by atoms with Gasteiger partial charge in [-0.2, -0.15) is 0 Å². The minimum absolute atomic E-state index is 0.0551. The molecule has 6 aliphatic rings. The Labute approximate surface area is 315 Å². The van der Waals surface area contributed by atoms with Crippen LogP contribution in [0.2, 0.25) is 0 Å². The number of carbonyl (C=O) groups is 2. The molecule has 8 heteroatoms. The number of aliphatic hydroxyl groups is 1. The predicted molar refractivity (Wildman–Crippen MR) is 206 cm³/mol. The van der Waals surface area contributed by atoms with Gasteiger partial charge < -0.3 is 25.0 Å². The van der Waals surface area contributed by atoms with Crippen molar-refractivity contribution in [1.29, 1.82) is 0 Å². The molecule has 10 atom stereocenters. The van der Waals surface area contributed by atoms with Crippen molar-refractivity contribution in [3.63, 3.8) is 0 Å². The van der Waals surface area contributed by atoms with Crippen LogP contribution >= 0.6 is 0 Å². The van der Waals surface area contributed by atoms with Crippen molar-refractivity contribution < 1.29 is 29.3 Å². The highest BCUT2D eigenvalue weighted by atomic mass is 16.5. The van der Waals surface area contributed by atoms with Gasteiger partial charge in [0, 0.05) is 32.6 Å². The first-order valence-electron chi connectivity index (χ1n) is 21.4. The third kappa shape index (κ3) is 7.18. The molecular formula is C44H74N2O6. The molecule has 3 N–H and O–H groups in total. The highest BCUT2D eigenvalue weighted by molar-refractivity contribution is 5.84. The van der Waals surface area contributed by atoms with E-state index in [0.29, 0.717) is 43.4 Å². The predicted octanol–water partition coefficient (Wildman–Crippen LogP) is 7.88. The lowest BCUT2D eigenvalue weighted by atomic mass is 9.32. The SMILES string of the molecule is C=C(COCCN1CCOCC1)[C@@H]1CC[C@]2(C(=O)NCCCCCCCC(=O)O)CC[C@]3(C)[C@H](CC[C@@H]4[C@@]5(C)CC[C@H](O)C(C)(C)[C@@H]5CC[C@]43C)[C@@H]12. The summed E-state index contributed by atoms with van der Waals surface area (Å²) in [5.41, 5.74) is 1.36. The van der Waals surface area contributed by atoms with Gasteiger partial charge in [-0.1, -0.05) is 60.5 Å². The maximum absolute atomic E-state index is 14.6. The molecule has 1 amide bonds. The van der Waals surface area contributed by atoms with Crippen molar-refractivity contribution in [2.24, 2.45) is 56.7 Å². The highest BCUT2D eigenvalue weighted by Crippen LogP contribution is 2.77. The summed E-state index contributed by atoms with van der Waals surface area (Å²) in [6.07, 6.45) is 15.5. The molecule has 0 radical (unpaired) electrons. The lowest BCUT2D eigenvalue weighted by Gasteiger charge is -2.72. The number of carboxylic acids is 1. The highest BCUT2D eigenvalue weighted by Gasteiger charge is 2.72. The minimum atomic E-state index is -0.719. The van der Waals surface area contributed by atoms with Gasteiger partial charge in [0.15, 0.2) is 0 Å². The monoisotopic (exact) mass is 727 g/mol. The third-order valence-electron chi connectivity index (χ3n) is 17.2. The Hall–Kier alpha value is -1.48. The average molecular weight is 727 g/mol. The van der Waals surface area contributed by atoms with Gasteiger partial charge in [-0.25, -0.2) is 0 Å². The number of ether oxygens (including phenoxy) is 2. The Morgan fingerprint density at radius 2 is 1.58 bits per heavy atom. The maximum Gasteiger partial charge on any atom is 0.303 e. The Morgan fingerprint density at radius 3 is 2.33 bits per heavy atom. The smallest absolute Gasteiger partial charge is 0.303 e. The molecule has 1 aliphatic heterocycles. The number of fused-ring (bicyclic) bond motifs is 7. The number of nitrogens with one attached hydrogen (secondary N) is 1. The number of amides is 1. The second-order valence-electron chi connectivity index (χ2n) is 19.7. The standard InChI is InChI=1S/C44H74N2O6/c1-31(30-52-29-26-46-24-27-51-28-25-46)32-15-20-44(39(50)45-23-11-9-7-8-10-12-37(48)49)22-21-42(5)33(38(32)44)13-14-35-41(4)18-17-36(47)40(2,3)34(41)16-19-43(35,42)6/h32-36,38,47H,1,7-30H2,2-6H3,(H,45,50)(H,48,49)/t32-,33+,34-,35+,36-,38+,41-,42+,43+,44-/m0/s1. The molecule has 0 unspecified atom stereocenters. The number of hydrogen-bond acceptors (Lipinski definition) is 6. The summed E-state index contributed by atoms with van der Waals surface area (Å²) in [4.78, 5) is 27.9. The second kappa shape index (κ2) is 15.9. The number of unbranched alkanes of at least 4 members (excludes halogenated alkanes) is 4. The van der Waals surface area contributed by atoms with Crippen LogP contribution in [-0.2, 0) is 19.1 Å². The molecule has 0 bridgehead atoms. The molecule has 6 fully saturated rings. The van der Waals surface area contributed by atoms with Gasteiger partial charge in [0.2, 0.25) is 5.91 Å². The molecule has 8 nitrogen and oxygen atoms in total. The van der Waals surface area contributed by atoms with Crippen molar-refractivity contribution in [1.82, 2.24) is 10.2 Å². The number of rotatable bonds is 15. The van der Waals surface area contributed by atoms with E-state index in [4.69, 9.17) is 21.2 Å². The number of morpholine rings is 1. The van der Waals surface area contributed by atoms with E-state index in [1.54, 1.807) is 0 Å². The van der Waals surface area contributed by atoms with E-state index in [2.05, 4.69) is 44.8 Å². The Bertz CT molecular complexity index is 1280. The second-order valence-corrected chi connectivity index (χ2v) is 19.7. The van der Waals surface area contributed by atoms with Gasteiger partial charge in [0.25, 0.3) is 0 Å². The van der Waals surface area contributed by atoms with Crippen molar-refractivity contribution in [2.45, 2.75) is 143 Å². The fourth-order valence-corrected chi connectivity index (χ4v) is 14.1. The van der Waals surface area contributed by atoms with Gasteiger partial charge in [0.1, 0.15) is 0 Å². The molecule has 0 spiro atoms. The molecule has 52 heavy (non-hydrogen) atoms. The molecule has 0 aromatic rings. The summed E-state index contributed by atoms with van der Waals surface area (Å²) in [5, 5.41) is 23.6. The van der Waals surface area contributed by atoms with E-state index in [1.165, 1.54) is 31.3 Å². The van der Waals surface area contributed by atoms with Crippen molar-refractivity contribution >= 4 is 11.9 Å². The summed E-state index contributed by atoms with van der Waals surface area (Å²) in [6.45, 7) is 23.7. The van der Waals surface area contributed by atoms with E-state index < -0.39 is 5.97 Å². The topological polar surface area (TPSA) is 108 Å². The molecule has 0 aromatic carbocycles. The average Bonchev–Trinajstić information content (AvgIpc) is 3.51. The Balaban J connectivity index is 1.19. The lowest BCUT2D eigenvalue weighted by molar-refractivity contribution is -0.246. The molecule has 5 aliphatic carbocycles. The molecule has 5 saturated carbocycles. The van der Waals surface area contributed by atoms with Gasteiger partial charge in [0.05, 0.1) is 37.9 Å². The van der Waals surface area contributed by atoms with E-state index in [0.717, 1.165) is 103 Å². The summed E-state index contributed by atoms with van der Waals surface area (Å²) < 4.78 is 11.9. The van der Waals surface area contributed by atoms with Gasteiger partial charge in [-0.15, -0.1) is 0 Å². The van der Waals surface area contributed by atoms with E-state index in [9.17, 15) is 14.7 Å². The van der Waals surface area contributed by atoms with Crippen molar-refractivity contribution in [2.75, 3.05) is 52.6 Å². The van der Waals surface area contributed by atoms with Crippen LogP contribution in [0, 0.1) is 56.7 Å². The first-order chi connectivity index (χ1) is 24.7. The third-order valence-corrected chi connectivity index (χ3v) is 17.2. The summed E-state index contributed by atoms with van der Waals surface area (Å²) >= 11 is 0. The van der Waals surface area contributed by atoms with Gasteiger partial charge in [-0.3, -0.25) is 14.5 Å². The Morgan fingerprint density at radius 1 is 0.846 bits per heavy atom. The van der Waals surface area contributed by atoms with Crippen LogP contribution in [0.1, 0.15) is 137 Å². The minimum Gasteiger partial charge on any atom is -0.481 e. The fourth-order valence-electron chi connectivity index (χ4n) is 14.1. The van der Waals surface area contributed by atoms with Crippen LogP contribution in [0.4, 0.5) is 0 Å². The molecule has 1 saturated heterocycles. The summed E-state index contributed by atoms with van der Waals surface area (Å²) in [7, 11) is 0. The lowest BCUT2D eigenvalue weighted by Crippen LogP contribution is -2.67. The van der Waals surface area contributed by atoms with Crippen LogP contribution in [0.5, 0.6) is 0 Å². The number of carbonyl (C=O) groups excluding carboxylic acids is 1. The van der Waals surface area contributed by atoms with Crippen LogP contribution < -0.4 is 5.32 Å². The molecule has 6 rings (SSSR count). The van der Waals surface area contributed by atoms with E-state index in [-0.39, 0.29) is 51.4 Å². The first-order valence-corrected chi connectivity index (χ1v) is 21.4. The van der Waals surface area contributed by atoms with Gasteiger partial charge in [-0.05, 0) is 134 Å². The zero-order valence-corrected chi connectivity index (χ0v) is 33.6. The molecule has 0 aromatic heterocycles. The van der Waals surface area contributed by atoms with Gasteiger partial charge >= 0.3 is 5.97 Å². The number of carboxylic acid groups (broad SMARTS) is 1. The van der Waals surface area contributed by atoms with Crippen LogP contribution in [-0.4, -0.2) is 85.7 Å². The summed E-state index contributed by atoms with van der Waals surface area (Å²) in [6, 6.07) is 0. The number of aliphatic hydroxyl groups excluding tert-OH is 1. The van der Waals surface area contributed by atoms with Crippen molar-refractivity contribution in [3.05, 3.63) is 12.2 Å². The fraction of sp³-hybridized carbons (Fsp3) is 0.909. The van der Waals surface area contributed by atoms with Crippen molar-refractivity contribution in [3.8, 4) is 0 Å². The zero-order valence-electron chi connectivity index (χ0n) is 33.6. The number of nitrogens with zero attached hydrogens (tertiary/aromatic N) is 1. The molecule has 1 heterocycles. The quantitative estimate of drug-likeness (QED) is 0.116. The molecular weight excluding hydrogens is 652 g/mol. The van der Waals surface area contributed by atoms with Crippen LogP contribution in [0.3, 0.4) is 0 Å². The number of aliphatic carboxylic acids is 1. The normalized spacial score (nSPS) is 41.3. The number of hydrogen-bond donors (Lipinski definition) is 3. The van der Waals surface area contributed by atoms with Crippen LogP contribution in [0.25, 0.3) is 0 Å². The largest absolute Gasteiger partial charge is 0.481 e. The van der Waals surface area contributed by atoms with E-state index in [1.807, 2.05) is 0 Å². The summed E-state index contributed by atoms with van der Waals surface area (Å²) in [5.74, 6) is 1.79. The maximum atomic E-state index is 14.6. The Kier molecular flexibility index (Phi) is 12.3. The van der Waals surface area contributed by atoms with E-state index >= 15 is 0 Å². The first kappa shape index (κ1) is 40.2.